The van der Waals surface area contributed by atoms with Crippen LogP contribution in [0, 0.1) is 0 Å². The number of hydrogen-bond donors (Lipinski definition) is 2. The molecule has 5 heteroatoms. The molecule has 0 fully saturated rings. The minimum atomic E-state index is 0.0327. The molecule has 1 unspecified atom stereocenters. The lowest BCUT2D eigenvalue weighted by atomic mass is 10.2. The lowest BCUT2D eigenvalue weighted by Crippen LogP contribution is -2.26. The molecular formula is C14H19N3OS. The van der Waals surface area contributed by atoms with Crippen molar-refractivity contribution in [2.24, 2.45) is 0 Å². The summed E-state index contributed by atoms with van der Waals surface area (Å²) in [6, 6.07) is 0.439. The average Bonchev–Trinajstić information content (AvgIpc) is 2.95. The van der Waals surface area contributed by atoms with Crippen molar-refractivity contribution in [2.45, 2.75) is 52.1 Å². The highest BCUT2D eigenvalue weighted by Gasteiger charge is 2.20. The molecule has 1 atom stereocenters. The summed E-state index contributed by atoms with van der Waals surface area (Å²) in [6.07, 6.45) is 4.38. The number of fused-ring (bicyclic) bond motifs is 3. The molecule has 0 spiro atoms. The number of hydrogen-bond acceptors (Lipinski definition) is 4. The highest BCUT2D eigenvalue weighted by Crippen LogP contribution is 2.34. The van der Waals surface area contributed by atoms with E-state index in [1.54, 1.807) is 11.3 Å². The number of thiophene rings is 1. The standard InChI is InChI=1S/C14H19N3OS/c1-3-8(2)15-7-11-16-13(18)12-9-5-4-6-10(9)19-14(12)17-11/h8,15H,3-7H2,1-2H3,(H,16,17,18). The Hall–Kier alpha value is -1.20. The first-order chi connectivity index (χ1) is 9.19. The van der Waals surface area contributed by atoms with E-state index < -0.39 is 0 Å². The molecule has 1 aliphatic rings. The zero-order valence-corrected chi connectivity index (χ0v) is 12.2. The number of rotatable bonds is 4. The van der Waals surface area contributed by atoms with Gasteiger partial charge in [0.05, 0.1) is 11.9 Å². The molecule has 102 valence electrons. The molecule has 0 radical (unpaired) electrons. The topological polar surface area (TPSA) is 57.8 Å². The van der Waals surface area contributed by atoms with Crippen LogP contribution in [0.2, 0.25) is 0 Å². The van der Waals surface area contributed by atoms with Gasteiger partial charge in [-0.1, -0.05) is 6.92 Å². The number of nitrogens with one attached hydrogen (secondary N) is 2. The van der Waals surface area contributed by atoms with Crippen molar-refractivity contribution >= 4 is 21.6 Å². The van der Waals surface area contributed by atoms with E-state index in [0.29, 0.717) is 12.6 Å². The molecule has 0 aromatic carbocycles. The molecule has 0 aliphatic heterocycles. The monoisotopic (exact) mass is 277 g/mol. The molecule has 1 aliphatic carbocycles. The highest BCUT2D eigenvalue weighted by atomic mass is 32.1. The number of aromatic nitrogens is 2. The first-order valence-corrected chi connectivity index (χ1v) is 7.77. The third-order valence-corrected chi connectivity index (χ3v) is 5.04. The Bertz CT molecular complexity index is 658. The molecular weight excluding hydrogens is 258 g/mol. The Labute approximate surface area is 116 Å². The second-order valence-electron chi connectivity index (χ2n) is 5.24. The van der Waals surface area contributed by atoms with E-state index in [1.165, 1.54) is 16.9 Å². The van der Waals surface area contributed by atoms with Crippen molar-refractivity contribution < 1.29 is 0 Å². The Morgan fingerprint density at radius 1 is 1.47 bits per heavy atom. The predicted octanol–water partition coefficient (Wildman–Crippen LogP) is 2.36. The molecule has 0 saturated carbocycles. The van der Waals surface area contributed by atoms with Crippen molar-refractivity contribution in [1.29, 1.82) is 0 Å². The first kappa shape index (κ1) is 12.8. The van der Waals surface area contributed by atoms with Crippen molar-refractivity contribution in [3.8, 4) is 0 Å². The number of nitrogens with zero attached hydrogens (tertiary/aromatic N) is 1. The van der Waals surface area contributed by atoms with Gasteiger partial charge in [-0.15, -0.1) is 11.3 Å². The van der Waals surface area contributed by atoms with E-state index in [4.69, 9.17) is 0 Å². The molecule has 2 aromatic heterocycles. The molecule has 4 nitrogen and oxygen atoms in total. The maximum Gasteiger partial charge on any atom is 0.259 e. The van der Waals surface area contributed by atoms with Gasteiger partial charge in [-0.05, 0) is 38.2 Å². The third-order valence-electron chi connectivity index (χ3n) is 3.85. The SMILES string of the molecule is CCC(C)NCc1nc2sc3c(c2c(=O)[nH]1)CCC3. The summed E-state index contributed by atoms with van der Waals surface area (Å²) in [7, 11) is 0. The van der Waals surface area contributed by atoms with Crippen LogP contribution in [0.1, 0.15) is 43.0 Å². The van der Waals surface area contributed by atoms with E-state index in [2.05, 4.69) is 29.1 Å². The fraction of sp³-hybridized carbons (Fsp3) is 0.571. The highest BCUT2D eigenvalue weighted by molar-refractivity contribution is 7.18. The summed E-state index contributed by atoms with van der Waals surface area (Å²) in [6.45, 7) is 4.90. The maximum atomic E-state index is 12.2. The van der Waals surface area contributed by atoms with Gasteiger partial charge in [0.25, 0.3) is 5.56 Å². The van der Waals surface area contributed by atoms with Gasteiger partial charge in [0.15, 0.2) is 0 Å². The van der Waals surface area contributed by atoms with Gasteiger partial charge in [0.2, 0.25) is 0 Å². The fourth-order valence-electron chi connectivity index (χ4n) is 2.55. The van der Waals surface area contributed by atoms with Gasteiger partial charge in [0.1, 0.15) is 10.7 Å². The minimum Gasteiger partial charge on any atom is -0.309 e. The Morgan fingerprint density at radius 3 is 3.11 bits per heavy atom. The zero-order chi connectivity index (χ0) is 13.4. The zero-order valence-electron chi connectivity index (χ0n) is 11.4. The van der Waals surface area contributed by atoms with Crippen LogP contribution in [0.4, 0.5) is 0 Å². The van der Waals surface area contributed by atoms with Crippen molar-refractivity contribution in [3.63, 3.8) is 0 Å². The van der Waals surface area contributed by atoms with Crippen LogP contribution >= 0.6 is 11.3 Å². The molecule has 3 rings (SSSR count). The minimum absolute atomic E-state index is 0.0327. The Kier molecular flexibility index (Phi) is 3.41. The molecule has 2 N–H and O–H groups in total. The van der Waals surface area contributed by atoms with Crippen LogP contribution in [-0.4, -0.2) is 16.0 Å². The average molecular weight is 277 g/mol. The summed E-state index contributed by atoms with van der Waals surface area (Å²) in [5, 5.41) is 4.20. The number of aromatic amines is 1. The van der Waals surface area contributed by atoms with E-state index in [1.807, 2.05) is 0 Å². The quantitative estimate of drug-likeness (QED) is 0.902. The van der Waals surface area contributed by atoms with Gasteiger partial charge < -0.3 is 10.3 Å². The lowest BCUT2D eigenvalue weighted by Gasteiger charge is -2.10. The van der Waals surface area contributed by atoms with Crippen LogP contribution in [0.25, 0.3) is 10.2 Å². The molecule has 2 aromatic rings. The van der Waals surface area contributed by atoms with E-state index >= 15 is 0 Å². The van der Waals surface area contributed by atoms with Crippen LogP contribution < -0.4 is 10.9 Å². The van der Waals surface area contributed by atoms with E-state index in [-0.39, 0.29) is 5.56 Å². The van der Waals surface area contributed by atoms with Gasteiger partial charge in [0, 0.05) is 10.9 Å². The van der Waals surface area contributed by atoms with Crippen LogP contribution in [-0.2, 0) is 19.4 Å². The smallest absolute Gasteiger partial charge is 0.259 e. The van der Waals surface area contributed by atoms with E-state index in [9.17, 15) is 4.79 Å². The largest absolute Gasteiger partial charge is 0.309 e. The van der Waals surface area contributed by atoms with Crippen molar-refractivity contribution in [1.82, 2.24) is 15.3 Å². The molecule has 0 amide bonds. The summed E-state index contributed by atoms with van der Waals surface area (Å²) in [5.41, 5.74) is 1.28. The Balaban J connectivity index is 1.95. The summed E-state index contributed by atoms with van der Waals surface area (Å²) < 4.78 is 0. The third kappa shape index (κ3) is 2.32. The van der Waals surface area contributed by atoms with Crippen LogP contribution in [0.15, 0.2) is 4.79 Å². The van der Waals surface area contributed by atoms with Crippen LogP contribution in [0.5, 0.6) is 0 Å². The van der Waals surface area contributed by atoms with E-state index in [0.717, 1.165) is 35.3 Å². The fourth-order valence-corrected chi connectivity index (χ4v) is 3.83. The molecule has 0 saturated heterocycles. The second-order valence-corrected chi connectivity index (χ2v) is 6.32. The second kappa shape index (κ2) is 5.06. The normalized spacial score (nSPS) is 15.9. The van der Waals surface area contributed by atoms with Crippen molar-refractivity contribution in [3.05, 3.63) is 26.6 Å². The van der Waals surface area contributed by atoms with Gasteiger partial charge in [-0.25, -0.2) is 4.98 Å². The Morgan fingerprint density at radius 2 is 2.32 bits per heavy atom. The van der Waals surface area contributed by atoms with Crippen LogP contribution in [0.3, 0.4) is 0 Å². The van der Waals surface area contributed by atoms with Crippen molar-refractivity contribution in [2.75, 3.05) is 0 Å². The molecule has 2 heterocycles. The maximum absolute atomic E-state index is 12.2. The molecule has 19 heavy (non-hydrogen) atoms. The van der Waals surface area contributed by atoms with Gasteiger partial charge >= 0.3 is 0 Å². The lowest BCUT2D eigenvalue weighted by molar-refractivity contribution is 0.523. The summed E-state index contributed by atoms with van der Waals surface area (Å²) in [5.74, 6) is 0.748. The number of aryl methyl sites for hydroxylation is 2. The van der Waals surface area contributed by atoms with Gasteiger partial charge in [-0.3, -0.25) is 4.79 Å². The molecule has 0 bridgehead atoms. The number of H-pyrrole nitrogens is 1. The summed E-state index contributed by atoms with van der Waals surface area (Å²) >= 11 is 1.70. The predicted molar refractivity (Wildman–Crippen MR) is 78.9 cm³/mol. The first-order valence-electron chi connectivity index (χ1n) is 6.96. The summed E-state index contributed by atoms with van der Waals surface area (Å²) in [4.78, 5) is 22.0. The van der Waals surface area contributed by atoms with Gasteiger partial charge in [-0.2, -0.15) is 0 Å².